The van der Waals surface area contributed by atoms with E-state index in [0.717, 1.165) is 17.7 Å². The fourth-order valence-electron chi connectivity index (χ4n) is 6.32. The average Bonchev–Trinajstić information content (AvgIpc) is 3.17. The smallest absolute Gasteiger partial charge is 0.344 e. The highest BCUT2D eigenvalue weighted by molar-refractivity contribution is 5.81. The van der Waals surface area contributed by atoms with Crippen molar-refractivity contribution in [2.75, 3.05) is 13.6 Å². The third kappa shape index (κ3) is 3.38. The van der Waals surface area contributed by atoms with Crippen LogP contribution in [0.25, 0.3) is 0 Å². The van der Waals surface area contributed by atoms with Gasteiger partial charge in [0.25, 0.3) is 0 Å². The number of aliphatic hydroxyl groups excluding tert-OH is 1. The predicted molar refractivity (Wildman–Crippen MR) is 119 cm³/mol. The lowest BCUT2D eigenvalue weighted by Gasteiger charge is -2.61. The van der Waals surface area contributed by atoms with Crippen molar-refractivity contribution < 1.29 is 43.9 Å². The number of hydrogen-bond acceptors (Lipinski definition) is 9. The van der Waals surface area contributed by atoms with Crippen LogP contribution in [0.3, 0.4) is 0 Å². The average molecular weight is 488 g/mol. The number of benzene rings is 1. The van der Waals surface area contributed by atoms with Crippen molar-refractivity contribution in [2.45, 2.75) is 74.9 Å². The van der Waals surface area contributed by atoms with Crippen LogP contribution in [-0.4, -0.2) is 75.6 Å². The fourth-order valence-corrected chi connectivity index (χ4v) is 6.32. The molecule has 5 atom stereocenters. The summed E-state index contributed by atoms with van der Waals surface area (Å²) in [5, 5.41) is 30.9. The Morgan fingerprint density at radius 3 is 2.71 bits per heavy atom. The Balaban J connectivity index is 1.41. The first-order valence-electron chi connectivity index (χ1n) is 11.8. The molecule has 0 aromatic heterocycles. The Bertz CT molecular complexity index is 1130. The Labute approximate surface area is 202 Å². The van der Waals surface area contributed by atoms with Gasteiger partial charge >= 0.3 is 17.9 Å². The lowest BCUT2D eigenvalue weighted by Crippen LogP contribution is -2.74. The number of ether oxygens (including phenoxy) is 3. The SMILES string of the molecule is C[C@H](OC(=O)CCC(=O)OC1=CC[C@@]2(O)[C@H]3Cc4ccc(CO)c5c4C2(CCN3C)C1O5)C(=O)O. The number of esters is 2. The van der Waals surface area contributed by atoms with Crippen molar-refractivity contribution in [3.63, 3.8) is 0 Å². The molecule has 2 bridgehead atoms. The van der Waals surface area contributed by atoms with E-state index in [0.29, 0.717) is 24.2 Å². The second kappa shape index (κ2) is 8.32. The monoisotopic (exact) mass is 487 g/mol. The highest BCUT2D eigenvalue weighted by Gasteiger charge is 2.71. The standard InChI is InChI=1S/C25H29NO9/c1-13(23(30)31)33-18(28)5-6-19(29)34-16-7-8-25(32)17-11-14-3-4-15(12-27)21-20(14)24(25,22(16)35-21)9-10-26(17)2/h3-4,7,13,17,22,27,32H,5-6,8-12H2,1-2H3,(H,30,31)/t13-,17+,22?,24?,25+/m0/s1. The third-order valence-corrected chi connectivity index (χ3v) is 8.05. The van der Waals surface area contributed by atoms with Crippen LogP contribution in [0.1, 0.15) is 49.3 Å². The topological polar surface area (TPSA) is 143 Å². The number of likely N-dealkylation sites (N-methyl/N-ethyl adjacent to an activating group) is 1. The molecule has 2 aliphatic heterocycles. The number of rotatable bonds is 7. The molecule has 35 heavy (non-hydrogen) atoms. The largest absolute Gasteiger partial charge is 0.481 e. The van der Waals surface area contributed by atoms with Crippen molar-refractivity contribution in [3.8, 4) is 5.75 Å². The second-order valence-corrected chi connectivity index (χ2v) is 9.85. The van der Waals surface area contributed by atoms with E-state index < -0.39 is 41.1 Å². The van der Waals surface area contributed by atoms with E-state index in [-0.39, 0.29) is 37.7 Å². The van der Waals surface area contributed by atoms with Gasteiger partial charge in [0, 0.05) is 23.6 Å². The van der Waals surface area contributed by atoms with Gasteiger partial charge in [0.15, 0.2) is 12.2 Å². The Morgan fingerprint density at radius 1 is 1.26 bits per heavy atom. The summed E-state index contributed by atoms with van der Waals surface area (Å²) >= 11 is 0. The predicted octanol–water partition coefficient (Wildman–Crippen LogP) is 0.796. The van der Waals surface area contributed by atoms with Crippen molar-refractivity contribution in [1.82, 2.24) is 4.90 Å². The summed E-state index contributed by atoms with van der Waals surface area (Å²) in [6.07, 6.45) is 0.526. The quantitative estimate of drug-likeness (QED) is 0.473. The van der Waals surface area contributed by atoms with Crippen LogP contribution in [-0.2, 0) is 42.3 Å². The number of aliphatic carboxylic acids is 1. The Hall–Kier alpha value is -2.95. The van der Waals surface area contributed by atoms with Gasteiger partial charge in [-0.15, -0.1) is 0 Å². The minimum atomic E-state index is -1.31. The van der Waals surface area contributed by atoms with Crippen LogP contribution in [0.5, 0.6) is 5.75 Å². The number of carboxylic acid groups (broad SMARTS) is 1. The van der Waals surface area contributed by atoms with Gasteiger partial charge in [-0.2, -0.15) is 0 Å². The number of carboxylic acids is 1. The number of nitrogens with zero attached hydrogens (tertiary/aromatic N) is 1. The zero-order valence-electron chi connectivity index (χ0n) is 19.7. The minimum Gasteiger partial charge on any atom is -0.481 e. The molecule has 1 aromatic rings. The molecule has 1 spiro atoms. The highest BCUT2D eigenvalue weighted by atomic mass is 16.6. The summed E-state index contributed by atoms with van der Waals surface area (Å²) in [5.74, 6) is -1.94. The van der Waals surface area contributed by atoms with Crippen molar-refractivity contribution in [2.24, 2.45) is 0 Å². The van der Waals surface area contributed by atoms with Crippen LogP contribution in [0.4, 0.5) is 0 Å². The summed E-state index contributed by atoms with van der Waals surface area (Å²) < 4.78 is 16.8. The molecule has 1 saturated heterocycles. The number of hydrogen-bond donors (Lipinski definition) is 3. The number of piperidine rings is 1. The van der Waals surface area contributed by atoms with Gasteiger partial charge in [0.1, 0.15) is 11.5 Å². The maximum Gasteiger partial charge on any atom is 0.344 e. The highest BCUT2D eigenvalue weighted by Crippen LogP contribution is 2.64. The molecule has 0 radical (unpaired) electrons. The number of likely N-dealkylation sites (tertiary alicyclic amines) is 1. The molecule has 5 rings (SSSR count). The molecule has 2 aliphatic carbocycles. The summed E-state index contributed by atoms with van der Waals surface area (Å²) in [4.78, 5) is 37.5. The van der Waals surface area contributed by atoms with E-state index in [4.69, 9.17) is 19.3 Å². The maximum atomic E-state index is 12.6. The summed E-state index contributed by atoms with van der Waals surface area (Å²) in [6, 6.07) is 3.68. The summed E-state index contributed by atoms with van der Waals surface area (Å²) in [6.45, 7) is 1.74. The zero-order valence-corrected chi connectivity index (χ0v) is 19.7. The molecule has 2 unspecified atom stereocenters. The lowest BCUT2D eigenvalue weighted by molar-refractivity contribution is -0.170. The number of aliphatic hydroxyl groups is 2. The lowest BCUT2D eigenvalue weighted by atomic mass is 9.50. The van der Waals surface area contributed by atoms with E-state index in [2.05, 4.69) is 4.90 Å². The van der Waals surface area contributed by atoms with Crippen LogP contribution in [0.2, 0.25) is 0 Å². The zero-order chi connectivity index (χ0) is 25.1. The molecule has 1 aromatic carbocycles. The maximum absolute atomic E-state index is 12.6. The van der Waals surface area contributed by atoms with Gasteiger partial charge < -0.3 is 34.4 Å². The van der Waals surface area contributed by atoms with E-state index in [1.807, 2.05) is 19.2 Å². The molecule has 10 nitrogen and oxygen atoms in total. The third-order valence-electron chi connectivity index (χ3n) is 8.05. The van der Waals surface area contributed by atoms with E-state index >= 15 is 0 Å². The van der Waals surface area contributed by atoms with Gasteiger partial charge in [-0.05, 0) is 45.0 Å². The van der Waals surface area contributed by atoms with Gasteiger partial charge in [0.05, 0.1) is 30.5 Å². The van der Waals surface area contributed by atoms with Crippen LogP contribution in [0, 0.1) is 0 Å². The van der Waals surface area contributed by atoms with Crippen molar-refractivity contribution in [1.29, 1.82) is 0 Å². The normalized spacial score (nSPS) is 31.0. The van der Waals surface area contributed by atoms with E-state index in [1.54, 1.807) is 6.08 Å². The molecule has 1 fully saturated rings. The number of carbonyl (C=O) groups is 3. The second-order valence-electron chi connectivity index (χ2n) is 9.85. The first-order chi connectivity index (χ1) is 16.6. The first-order valence-corrected chi connectivity index (χ1v) is 11.8. The Kier molecular flexibility index (Phi) is 5.65. The summed E-state index contributed by atoms with van der Waals surface area (Å²) in [7, 11) is 2.00. The van der Waals surface area contributed by atoms with Crippen LogP contribution in [0.15, 0.2) is 24.0 Å². The van der Waals surface area contributed by atoms with Gasteiger partial charge in [-0.3, -0.25) is 9.59 Å². The molecule has 4 aliphatic rings. The van der Waals surface area contributed by atoms with Crippen LogP contribution < -0.4 is 4.74 Å². The first kappa shape index (κ1) is 23.8. The minimum absolute atomic E-state index is 0.139. The van der Waals surface area contributed by atoms with Crippen molar-refractivity contribution in [3.05, 3.63) is 40.7 Å². The summed E-state index contributed by atoms with van der Waals surface area (Å²) in [5.41, 5.74) is 0.619. The Morgan fingerprint density at radius 2 is 2.00 bits per heavy atom. The fraction of sp³-hybridized carbons (Fsp3) is 0.560. The number of carbonyl (C=O) groups excluding carboxylic acids is 2. The molecular weight excluding hydrogens is 458 g/mol. The molecule has 2 heterocycles. The van der Waals surface area contributed by atoms with Crippen molar-refractivity contribution >= 4 is 17.9 Å². The molecule has 188 valence electrons. The van der Waals surface area contributed by atoms with E-state index in [1.165, 1.54) is 6.92 Å². The molecule has 10 heteroatoms. The molecule has 3 N–H and O–H groups in total. The van der Waals surface area contributed by atoms with Gasteiger partial charge in [-0.1, -0.05) is 12.1 Å². The van der Waals surface area contributed by atoms with Crippen LogP contribution >= 0.6 is 0 Å². The van der Waals surface area contributed by atoms with Gasteiger partial charge in [0.2, 0.25) is 0 Å². The molecule has 0 amide bonds. The van der Waals surface area contributed by atoms with Gasteiger partial charge in [-0.25, -0.2) is 4.79 Å². The van der Waals surface area contributed by atoms with E-state index in [9.17, 15) is 24.6 Å². The molecule has 0 saturated carbocycles. The molecular formula is C25H29NO9.